The second-order valence-electron chi connectivity index (χ2n) is 12.1. The second kappa shape index (κ2) is 22.8. The van der Waals surface area contributed by atoms with Gasteiger partial charge in [-0.25, -0.2) is 9.13 Å². The lowest BCUT2D eigenvalue weighted by atomic mass is 9.97. The highest BCUT2D eigenvalue weighted by Crippen LogP contribution is 2.47. The van der Waals surface area contributed by atoms with Crippen molar-refractivity contribution in [3.05, 3.63) is 58.7 Å². The molecule has 0 fully saturated rings. The number of unbranched alkanes of at least 4 members (excludes halogenated alkanes) is 9. The van der Waals surface area contributed by atoms with Crippen molar-refractivity contribution in [2.24, 2.45) is 0 Å². The van der Waals surface area contributed by atoms with Crippen LogP contribution in [0.4, 0.5) is 0 Å². The van der Waals surface area contributed by atoms with Crippen molar-refractivity contribution in [2.45, 2.75) is 143 Å². The highest BCUT2D eigenvalue weighted by Gasteiger charge is 2.26. The summed E-state index contributed by atoms with van der Waals surface area (Å²) in [6, 6.07) is 11.4. The highest BCUT2D eigenvalue weighted by molar-refractivity contribution is 7.48. The maximum atomic E-state index is 12.7. The Hall–Kier alpha value is -1.66. The summed E-state index contributed by atoms with van der Waals surface area (Å²) in [5, 5.41) is 0. The SMILES string of the molecule is CCCCc1cccc(OP(=O)(O)OCCCCCCCCOP(=O)(O)Oc2cccc(CCCC)c2CCCC)c1CCCC. The van der Waals surface area contributed by atoms with Crippen molar-refractivity contribution in [1.29, 1.82) is 0 Å². The lowest BCUT2D eigenvalue weighted by Crippen LogP contribution is -2.04. The van der Waals surface area contributed by atoms with Gasteiger partial charge in [-0.1, -0.05) is 103 Å². The number of aryl methyl sites for hydroxylation is 2. The van der Waals surface area contributed by atoms with E-state index in [9.17, 15) is 18.9 Å². The molecule has 2 atom stereocenters. The van der Waals surface area contributed by atoms with Crippen LogP contribution in [-0.2, 0) is 43.9 Å². The zero-order valence-electron chi connectivity index (χ0n) is 28.8. The van der Waals surface area contributed by atoms with E-state index < -0.39 is 15.6 Å². The number of hydrogen-bond acceptors (Lipinski definition) is 6. The molecule has 2 aromatic carbocycles. The van der Waals surface area contributed by atoms with Crippen LogP contribution in [0.15, 0.2) is 36.4 Å². The minimum absolute atomic E-state index is 0.141. The summed E-state index contributed by atoms with van der Waals surface area (Å²) in [5.74, 6) is 0.899. The fraction of sp³-hybridized carbons (Fsp3) is 0.667. The van der Waals surface area contributed by atoms with Gasteiger partial charge < -0.3 is 9.05 Å². The molecule has 0 aromatic heterocycles. The van der Waals surface area contributed by atoms with Gasteiger partial charge in [0.1, 0.15) is 11.5 Å². The van der Waals surface area contributed by atoms with Gasteiger partial charge in [0, 0.05) is 0 Å². The monoisotopic (exact) mass is 682 g/mol. The van der Waals surface area contributed by atoms with E-state index in [0.29, 0.717) is 24.3 Å². The normalized spacial score (nSPS) is 14.1. The molecule has 0 amide bonds. The lowest BCUT2D eigenvalue weighted by molar-refractivity contribution is 0.195. The molecule has 46 heavy (non-hydrogen) atoms. The van der Waals surface area contributed by atoms with Gasteiger partial charge in [0.15, 0.2) is 0 Å². The minimum Gasteiger partial charge on any atom is -0.404 e. The van der Waals surface area contributed by atoms with Crippen LogP contribution in [0.5, 0.6) is 11.5 Å². The Morgan fingerprint density at radius 1 is 0.500 bits per heavy atom. The molecule has 0 heterocycles. The molecule has 2 N–H and O–H groups in total. The van der Waals surface area contributed by atoms with Gasteiger partial charge in [0.05, 0.1) is 13.2 Å². The van der Waals surface area contributed by atoms with Gasteiger partial charge in [0.2, 0.25) is 0 Å². The van der Waals surface area contributed by atoms with E-state index in [-0.39, 0.29) is 13.2 Å². The Bertz CT molecular complexity index is 1120. The summed E-state index contributed by atoms with van der Waals surface area (Å²) in [4.78, 5) is 20.8. The lowest BCUT2D eigenvalue weighted by Gasteiger charge is -2.18. The van der Waals surface area contributed by atoms with Gasteiger partial charge in [-0.15, -0.1) is 0 Å². The Balaban J connectivity index is 1.70. The Morgan fingerprint density at radius 3 is 1.22 bits per heavy atom. The molecule has 0 saturated heterocycles. The summed E-state index contributed by atoms with van der Waals surface area (Å²) in [5.41, 5.74) is 4.38. The van der Waals surface area contributed by atoms with Gasteiger partial charge in [-0.2, -0.15) is 0 Å². The number of rotatable bonds is 27. The van der Waals surface area contributed by atoms with Crippen LogP contribution < -0.4 is 9.05 Å². The predicted octanol–water partition coefficient (Wildman–Crippen LogP) is 11.1. The summed E-state index contributed by atoms with van der Waals surface area (Å²) in [6.07, 6.45) is 16.6. The van der Waals surface area contributed by atoms with Crippen molar-refractivity contribution in [3.8, 4) is 11.5 Å². The van der Waals surface area contributed by atoms with E-state index in [1.165, 1.54) is 11.1 Å². The van der Waals surface area contributed by atoms with E-state index >= 15 is 0 Å². The van der Waals surface area contributed by atoms with Crippen molar-refractivity contribution in [2.75, 3.05) is 13.2 Å². The van der Waals surface area contributed by atoms with E-state index in [1.807, 2.05) is 12.1 Å². The largest absolute Gasteiger partial charge is 0.527 e. The summed E-state index contributed by atoms with van der Waals surface area (Å²) >= 11 is 0. The van der Waals surface area contributed by atoms with Crippen molar-refractivity contribution in [1.82, 2.24) is 0 Å². The molecule has 8 nitrogen and oxygen atoms in total. The van der Waals surface area contributed by atoms with Crippen LogP contribution in [0, 0.1) is 0 Å². The smallest absolute Gasteiger partial charge is 0.404 e. The Morgan fingerprint density at radius 2 is 0.848 bits per heavy atom. The quantitative estimate of drug-likeness (QED) is 0.0707. The third-order valence-corrected chi connectivity index (χ3v) is 9.97. The average Bonchev–Trinajstić information content (AvgIpc) is 3.02. The topological polar surface area (TPSA) is 112 Å². The molecule has 2 aromatic rings. The van der Waals surface area contributed by atoms with Gasteiger partial charge in [-0.3, -0.25) is 18.8 Å². The van der Waals surface area contributed by atoms with Crippen LogP contribution in [-0.4, -0.2) is 23.0 Å². The summed E-state index contributed by atoms with van der Waals surface area (Å²) in [6.45, 7) is 8.85. The molecule has 262 valence electrons. The highest BCUT2D eigenvalue weighted by atomic mass is 31.2. The Kier molecular flexibility index (Phi) is 20.1. The summed E-state index contributed by atoms with van der Waals surface area (Å²) < 4.78 is 47.1. The molecule has 0 aliphatic carbocycles. The third kappa shape index (κ3) is 16.0. The molecule has 0 aliphatic rings. The predicted molar refractivity (Wildman–Crippen MR) is 188 cm³/mol. The van der Waals surface area contributed by atoms with Crippen LogP contribution in [0.2, 0.25) is 0 Å². The fourth-order valence-electron chi connectivity index (χ4n) is 5.44. The molecule has 0 saturated carbocycles. The van der Waals surface area contributed by atoms with E-state index in [0.717, 1.165) is 114 Å². The first kappa shape index (κ1) is 40.5. The zero-order valence-corrected chi connectivity index (χ0v) is 30.6. The van der Waals surface area contributed by atoms with Gasteiger partial charge in [0.25, 0.3) is 0 Å². The first-order valence-electron chi connectivity index (χ1n) is 17.7. The van der Waals surface area contributed by atoms with Crippen LogP contribution in [0.3, 0.4) is 0 Å². The number of phosphoric acid groups is 2. The third-order valence-electron chi connectivity index (χ3n) is 8.10. The maximum Gasteiger partial charge on any atom is 0.527 e. The minimum atomic E-state index is -4.23. The van der Waals surface area contributed by atoms with Gasteiger partial charge >= 0.3 is 15.6 Å². The van der Waals surface area contributed by atoms with E-state index in [2.05, 4.69) is 39.8 Å². The molecular weight excluding hydrogens is 622 g/mol. The van der Waals surface area contributed by atoms with Crippen molar-refractivity contribution >= 4 is 15.6 Å². The van der Waals surface area contributed by atoms with Crippen LogP contribution in [0.1, 0.15) is 140 Å². The maximum absolute atomic E-state index is 12.7. The molecule has 10 heteroatoms. The number of benzene rings is 2. The molecular formula is C36H60O8P2. The fourth-order valence-corrected chi connectivity index (χ4v) is 7.11. The second-order valence-corrected chi connectivity index (χ2v) is 14.9. The Labute approximate surface area is 278 Å². The molecule has 0 radical (unpaired) electrons. The first-order chi connectivity index (χ1) is 22.2. The zero-order chi connectivity index (χ0) is 33.7. The standard InChI is InChI=1S/C36H60O8P2/c1-5-9-21-31-23-19-27-35(33(31)25-11-7-3)43-45(37,38)41-29-17-15-13-14-16-18-30-42-46(39,40)44-36-28-20-24-32(22-10-6-2)34(36)26-12-8-4/h19-20,23-24,27-28H,5-18,21-22,25-26,29-30H2,1-4H3,(H,37,38)(H,39,40). The molecule has 2 unspecified atom stereocenters. The number of hydrogen-bond donors (Lipinski definition) is 2. The molecule has 2 rings (SSSR count). The van der Waals surface area contributed by atoms with E-state index in [1.54, 1.807) is 12.1 Å². The van der Waals surface area contributed by atoms with Gasteiger partial charge in [-0.05, 0) is 98.6 Å². The first-order valence-corrected chi connectivity index (χ1v) is 20.7. The molecule has 0 spiro atoms. The average molecular weight is 683 g/mol. The van der Waals surface area contributed by atoms with E-state index in [4.69, 9.17) is 18.1 Å². The van der Waals surface area contributed by atoms with Crippen molar-refractivity contribution in [3.63, 3.8) is 0 Å². The molecule has 0 bridgehead atoms. The molecule has 0 aliphatic heterocycles. The van der Waals surface area contributed by atoms with Crippen molar-refractivity contribution < 1.29 is 37.0 Å². The van der Waals surface area contributed by atoms with Crippen LogP contribution >= 0.6 is 15.6 Å². The summed E-state index contributed by atoms with van der Waals surface area (Å²) in [7, 11) is -8.45. The number of phosphoric ester groups is 2. The van der Waals surface area contributed by atoms with Crippen LogP contribution in [0.25, 0.3) is 0 Å².